The number of esters is 1. The van der Waals surface area contributed by atoms with E-state index in [0.717, 1.165) is 11.5 Å². The van der Waals surface area contributed by atoms with Crippen molar-refractivity contribution in [2.24, 2.45) is 0 Å². The molecule has 1 aromatic rings. The minimum atomic E-state index is -0.568. The third-order valence-electron chi connectivity index (χ3n) is 1.37. The van der Waals surface area contributed by atoms with Crippen LogP contribution in [0.3, 0.4) is 0 Å². The summed E-state index contributed by atoms with van der Waals surface area (Å²) < 4.78 is 9.82. The van der Waals surface area contributed by atoms with Gasteiger partial charge in [0, 0.05) is 11.5 Å². The number of carbonyl (C=O) groups is 1. The van der Waals surface area contributed by atoms with E-state index in [-0.39, 0.29) is 5.89 Å². The van der Waals surface area contributed by atoms with E-state index in [0.29, 0.717) is 11.8 Å². The predicted octanol–water partition coefficient (Wildman–Crippen LogP) is 1.70. The van der Waals surface area contributed by atoms with Crippen LogP contribution in [0.5, 0.6) is 0 Å². The number of hydrogen-bond donors (Lipinski definition) is 0. The van der Waals surface area contributed by atoms with E-state index >= 15 is 0 Å². The van der Waals surface area contributed by atoms with Gasteiger partial charge in [0.2, 0.25) is 0 Å². The van der Waals surface area contributed by atoms with Gasteiger partial charge in [0.15, 0.2) is 0 Å². The van der Waals surface area contributed by atoms with E-state index in [4.69, 9.17) is 9.15 Å². The normalized spacial score (nSPS) is 10.3. The molecule has 0 atom stereocenters. The van der Waals surface area contributed by atoms with Crippen LogP contribution in [-0.4, -0.2) is 40.5 Å². The fourth-order valence-electron chi connectivity index (χ4n) is 0.756. The van der Waals surface area contributed by atoms with Crippen LogP contribution in [-0.2, 0) is 4.74 Å². The van der Waals surface area contributed by atoms with Crippen molar-refractivity contribution < 1.29 is 13.9 Å². The summed E-state index contributed by atoms with van der Waals surface area (Å²) >= 11 is 3.17. The number of thioether (sulfide) groups is 2. The van der Waals surface area contributed by atoms with Crippen LogP contribution >= 0.6 is 23.5 Å². The average molecular weight is 248 g/mol. The molecule has 1 rings (SSSR count). The minimum Gasteiger partial charge on any atom is -0.459 e. The van der Waals surface area contributed by atoms with Gasteiger partial charge in [-0.3, -0.25) is 0 Å². The zero-order chi connectivity index (χ0) is 11.1. The highest BCUT2D eigenvalue weighted by atomic mass is 32.2. The molecule has 0 fully saturated rings. The molecule has 5 nitrogen and oxygen atoms in total. The van der Waals surface area contributed by atoms with Crippen molar-refractivity contribution >= 4 is 29.5 Å². The van der Waals surface area contributed by atoms with Crippen LogP contribution in [0.1, 0.15) is 17.6 Å². The van der Waals surface area contributed by atoms with Crippen LogP contribution in [0.25, 0.3) is 0 Å². The van der Waals surface area contributed by atoms with E-state index in [2.05, 4.69) is 10.2 Å². The first-order valence-corrected chi connectivity index (χ1v) is 6.78. The van der Waals surface area contributed by atoms with Crippen LogP contribution in [0, 0.1) is 0 Å². The number of carbonyl (C=O) groups excluding carboxylic acids is 1. The van der Waals surface area contributed by atoms with Gasteiger partial charge < -0.3 is 9.15 Å². The Kier molecular flexibility index (Phi) is 5.56. The molecule has 0 bridgehead atoms. The minimum absolute atomic E-state index is 0.0801. The van der Waals surface area contributed by atoms with Gasteiger partial charge in [-0.15, -0.1) is 5.10 Å². The molecular formula is C8H12N2O3S2. The Labute approximate surface area is 96.3 Å². The van der Waals surface area contributed by atoms with Crippen molar-refractivity contribution in [2.45, 2.75) is 12.1 Å². The Bertz CT molecular complexity index is 317. The number of nitrogens with zero attached hydrogens (tertiary/aromatic N) is 2. The molecule has 0 N–H and O–H groups in total. The van der Waals surface area contributed by atoms with E-state index in [1.165, 1.54) is 11.8 Å². The molecular weight excluding hydrogens is 236 g/mol. The summed E-state index contributed by atoms with van der Waals surface area (Å²) in [4.78, 5) is 11.2. The fraction of sp³-hybridized carbons (Fsp3) is 0.625. The van der Waals surface area contributed by atoms with Gasteiger partial charge in [-0.1, -0.05) is 16.9 Å². The molecule has 0 aliphatic carbocycles. The molecule has 0 aliphatic rings. The van der Waals surface area contributed by atoms with E-state index in [1.54, 1.807) is 18.7 Å². The lowest BCUT2D eigenvalue weighted by atomic mass is 10.7. The molecule has 0 saturated carbocycles. The second kappa shape index (κ2) is 6.73. The van der Waals surface area contributed by atoms with Gasteiger partial charge in [0.1, 0.15) is 0 Å². The van der Waals surface area contributed by atoms with Gasteiger partial charge in [0.05, 0.1) is 6.61 Å². The molecule has 1 aromatic heterocycles. The lowest BCUT2D eigenvalue weighted by Crippen LogP contribution is -2.04. The zero-order valence-electron chi connectivity index (χ0n) is 8.56. The summed E-state index contributed by atoms with van der Waals surface area (Å²) in [5.41, 5.74) is 0. The maximum Gasteiger partial charge on any atom is 0.396 e. The molecule has 0 unspecified atom stereocenters. The quantitative estimate of drug-likeness (QED) is 0.431. The molecule has 0 aliphatic heterocycles. The van der Waals surface area contributed by atoms with E-state index in [1.807, 2.05) is 6.26 Å². The fourth-order valence-corrected chi connectivity index (χ4v) is 2.17. The Morgan fingerprint density at radius 2 is 2.27 bits per heavy atom. The third-order valence-corrected chi connectivity index (χ3v) is 3.06. The van der Waals surface area contributed by atoms with E-state index in [9.17, 15) is 4.79 Å². The molecule has 15 heavy (non-hydrogen) atoms. The van der Waals surface area contributed by atoms with Crippen LogP contribution in [0.15, 0.2) is 9.64 Å². The Morgan fingerprint density at radius 1 is 1.47 bits per heavy atom. The van der Waals surface area contributed by atoms with Crippen molar-refractivity contribution in [1.29, 1.82) is 0 Å². The molecule has 0 amide bonds. The summed E-state index contributed by atoms with van der Waals surface area (Å²) in [6.45, 7) is 2.03. The molecule has 0 aromatic carbocycles. The second-order valence-electron chi connectivity index (χ2n) is 2.43. The van der Waals surface area contributed by atoms with Gasteiger partial charge in [-0.2, -0.15) is 11.8 Å². The Balaban J connectivity index is 2.45. The standard InChI is InChI=1S/C8H12N2O3S2/c1-3-12-7(11)6-9-10-8(13-6)15-5-4-14-2/h3-5H2,1-2H3. The lowest BCUT2D eigenvalue weighted by molar-refractivity contribution is 0.0475. The number of ether oxygens (including phenoxy) is 1. The lowest BCUT2D eigenvalue weighted by Gasteiger charge is -1.94. The van der Waals surface area contributed by atoms with Gasteiger partial charge in [0.25, 0.3) is 5.22 Å². The maximum absolute atomic E-state index is 11.2. The van der Waals surface area contributed by atoms with Crippen molar-refractivity contribution in [3.05, 3.63) is 5.89 Å². The van der Waals surface area contributed by atoms with Crippen molar-refractivity contribution in [3.63, 3.8) is 0 Å². The van der Waals surface area contributed by atoms with Crippen molar-refractivity contribution in [2.75, 3.05) is 24.4 Å². The third kappa shape index (κ3) is 4.13. The summed E-state index contributed by atoms with van der Waals surface area (Å²) in [5, 5.41) is 7.73. The van der Waals surface area contributed by atoms with Crippen molar-refractivity contribution in [1.82, 2.24) is 10.2 Å². The van der Waals surface area contributed by atoms with Crippen molar-refractivity contribution in [3.8, 4) is 0 Å². The molecule has 84 valence electrons. The Hall–Kier alpha value is -0.690. The monoisotopic (exact) mass is 248 g/mol. The van der Waals surface area contributed by atoms with Crippen LogP contribution in [0.2, 0.25) is 0 Å². The van der Waals surface area contributed by atoms with Gasteiger partial charge in [-0.25, -0.2) is 4.79 Å². The first-order chi connectivity index (χ1) is 7.27. The number of hydrogen-bond acceptors (Lipinski definition) is 7. The van der Waals surface area contributed by atoms with Gasteiger partial charge >= 0.3 is 11.9 Å². The highest BCUT2D eigenvalue weighted by molar-refractivity contribution is 8.02. The number of rotatable bonds is 6. The maximum atomic E-state index is 11.2. The van der Waals surface area contributed by atoms with Crippen LogP contribution in [0.4, 0.5) is 0 Å². The highest BCUT2D eigenvalue weighted by Gasteiger charge is 2.15. The molecule has 0 saturated heterocycles. The largest absolute Gasteiger partial charge is 0.459 e. The van der Waals surface area contributed by atoms with E-state index < -0.39 is 5.97 Å². The first kappa shape index (κ1) is 12.4. The molecule has 0 spiro atoms. The molecule has 0 radical (unpaired) electrons. The average Bonchev–Trinajstić information content (AvgIpc) is 2.67. The molecule has 7 heteroatoms. The topological polar surface area (TPSA) is 65.2 Å². The SMILES string of the molecule is CCOC(=O)c1nnc(SCCSC)o1. The summed E-state index contributed by atoms with van der Waals surface area (Å²) in [5.74, 6) is 1.23. The highest BCUT2D eigenvalue weighted by Crippen LogP contribution is 2.17. The predicted molar refractivity (Wildman–Crippen MR) is 59.4 cm³/mol. The molecule has 1 heterocycles. The number of aromatic nitrogens is 2. The second-order valence-corrected chi connectivity index (χ2v) is 4.47. The van der Waals surface area contributed by atoms with Gasteiger partial charge in [-0.05, 0) is 13.2 Å². The smallest absolute Gasteiger partial charge is 0.396 e. The summed E-state index contributed by atoms with van der Waals surface area (Å²) in [6, 6.07) is 0. The zero-order valence-corrected chi connectivity index (χ0v) is 10.2. The first-order valence-electron chi connectivity index (χ1n) is 4.40. The van der Waals surface area contributed by atoms with Crippen LogP contribution < -0.4 is 0 Å². The Morgan fingerprint density at radius 3 is 2.93 bits per heavy atom. The summed E-state index contributed by atoms with van der Waals surface area (Å²) in [6.07, 6.45) is 2.03. The summed E-state index contributed by atoms with van der Waals surface area (Å²) in [7, 11) is 0.